The number of nitrogens with one attached hydrogen (secondary N) is 1. The van der Waals surface area contributed by atoms with Crippen molar-refractivity contribution in [2.45, 2.75) is 32.1 Å². The lowest BCUT2D eigenvalue weighted by Gasteiger charge is -2.22. The number of nitrogens with zero attached hydrogens (tertiary/aromatic N) is 2. The van der Waals surface area contributed by atoms with Crippen molar-refractivity contribution in [3.05, 3.63) is 58.8 Å². The average Bonchev–Trinajstić information content (AvgIpc) is 3.43. The van der Waals surface area contributed by atoms with E-state index in [2.05, 4.69) is 15.5 Å². The van der Waals surface area contributed by atoms with Crippen LogP contribution in [-0.4, -0.2) is 35.4 Å². The van der Waals surface area contributed by atoms with Crippen LogP contribution in [0.1, 0.15) is 34.7 Å². The highest BCUT2D eigenvalue weighted by Crippen LogP contribution is 2.21. The Hall–Kier alpha value is -2.55. The molecule has 1 aromatic carbocycles. The van der Waals surface area contributed by atoms with Crippen LogP contribution < -0.4 is 5.32 Å². The Labute approximate surface area is 166 Å². The summed E-state index contributed by atoms with van der Waals surface area (Å²) in [6.45, 7) is 2.03. The summed E-state index contributed by atoms with van der Waals surface area (Å²) in [7, 11) is 0. The second-order valence-electron chi connectivity index (χ2n) is 6.45. The van der Waals surface area contributed by atoms with Gasteiger partial charge in [-0.3, -0.25) is 4.79 Å². The quantitative estimate of drug-likeness (QED) is 0.655. The summed E-state index contributed by atoms with van der Waals surface area (Å²) in [5.41, 5.74) is 1.45. The van der Waals surface area contributed by atoms with Gasteiger partial charge < -0.3 is 19.3 Å². The lowest BCUT2D eigenvalue weighted by atomic mass is 10.1. The molecular weight excluding hydrogens is 378 g/mol. The maximum absolute atomic E-state index is 12.7. The highest BCUT2D eigenvalue weighted by Gasteiger charge is 2.17. The fourth-order valence-corrected chi connectivity index (χ4v) is 3.65. The zero-order valence-electron chi connectivity index (χ0n) is 15.3. The Balaban J connectivity index is 1.35. The van der Waals surface area contributed by atoms with Crippen molar-refractivity contribution in [2.75, 3.05) is 13.2 Å². The van der Waals surface area contributed by atoms with E-state index in [1.165, 1.54) is 11.3 Å². The zero-order chi connectivity index (χ0) is 19.2. The predicted octanol–water partition coefficient (Wildman–Crippen LogP) is 3.42. The number of carbonyl (C=O) groups is 1. The Bertz CT molecular complexity index is 904. The summed E-state index contributed by atoms with van der Waals surface area (Å²) in [5, 5.41) is 8.75. The topological polar surface area (TPSA) is 86.5 Å². The fraction of sp³-hybridized carbons (Fsp3) is 0.350. The smallest absolute Gasteiger partial charge is 0.252 e. The van der Waals surface area contributed by atoms with E-state index in [0.717, 1.165) is 36.5 Å². The maximum Gasteiger partial charge on any atom is 0.252 e. The molecule has 0 saturated carbocycles. The third-order valence-corrected chi connectivity index (χ3v) is 5.38. The van der Waals surface area contributed by atoms with Crippen molar-refractivity contribution in [2.24, 2.45) is 0 Å². The minimum Gasteiger partial charge on any atom is -0.381 e. The van der Waals surface area contributed by atoms with Crippen molar-refractivity contribution >= 4 is 17.2 Å². The summed E-state index contributed by atoms with van der Waals surface area (Å²) in [5.74, 6) is 0.708. The van der Waals surface area contributed by atoms with Crippen LogP contribution in [0.4, 0.5) is 0 Å². The molecule has 1 fully saturated rings. The van der Waals surface area contributed by atoms with Crippen molar-refractivity contribution in [3.63, 3.8) is 0 Å². The highest BCUT2D eigenvalue weighted by molar-refractivity contribution is 7.13. The van der Waals surface area contributed by atoms with E-state index < -0.39 is 0 Å². The van der Waals surface area contributed by atoms with Gasteiger partial charge in [0.05, 0.1) is 24.1 Å². The van der Waals surface area contributed by atoms with Crippen LogP contribution in [-0.2, 0) is 22.6 Å². The third kappa shape index (κ3) is 4.64. The summed E-state index contributed by atoms with van der Waals surface area (Å²) in [4.78, 5) is 17.9. The second kappa shape index (κ2) is 9.09. The number of aromatic nitrogens is 2. The van der Waals surface area contributed by atoms with Crippen molar-refractivity contribution in [1.82, 2.24) is 15.5 Å². The van der Waals surface area contributed by atoms with E-state index in [1.54, 1.807) is 6.07 Å². The molecule has 0 aliphatic carbocycles. The van der Waals surface area contributed by atoms with Gasteiger partial charge in [0.15, 0.2) is 0 Å². The van der Waals surface area contributed by atoms with E-state index >= 15 is 0 Å². The Morgan fingerprint density at radius 1 is 1.21 bits per heavy atom. The normalized spacial score (nSPS) is 14.9. The molecule has 0 radical (unpaired) electrons. The molecule has 3 heterocycles. The van der Waals surface area contributed by atoms with Crippen LogP contribution in [0.15, 0.2) is 46.3 Å². The molecule has 7 nitrogen and oxygen atoms in total. The molecule has 2 aromatic heterocycles. The van der Waals surface area contributed by atoms with Gasteiger partial charge in [-0.15, -0.1) is 11.3 Å². The van der Waals surface area contributed by atoms with Gasteiger partial charge in [0.25, 0.3) is 5.91 Å². The SMILES string of the molecule is O=C(NCc1nc(-c2cccs2)no1)c1ccccc1COC1CCOCC1. The molecule has 0 atom stereocenters. The standard InChI is InChI=1S/C20H21N3O4S/c24-20(21-12-18-22-19(23-27-18)17-6-3-11-28-17)16-5-2-1-4-14(16)13-26-15-7-9-25-10-8-15/h1-6,11,15H,7-10,12-13H2,(H,21,24). The lowest BCUT2D eigenvalue weighted by Crippen LogP contribution is -2.26. The molecule has 4 rings (SSSR count). The fourth-order valence-electron chi connectivity index (χ4n) is 3.00. The van der Waals surface area contributed by atoms with Gasteiger partial charge in [0.1, 0.15) is 0 Å². The first-order valence-electron chi connectivity index (χ1n) is 9.21. The van der Waals surface area contributed by atoms with Crippen molar-refractivity contribution in [3.8, 4) is 10.7 Å². The van der Waals surface area contributed by atoms with Gasteiger partial charge in [-0.05, 0) is 35.9 Å². The number of ether oxygens (including phenoxy) is 2. The Morgan fingerprint density at radius 3 is 2.89 bits per heavy atom. The molecule has 8 heteroatoms. The van der Waals surface area contributed by atoms with Crippen molar-refractivity contribution < 1.29 is 18.8 Å². The lowest BCUT2D eigenvalue weighted by molar-refractivity contribution is -0.0392. The minimum absolute atomic E-state index is 0.173. The average molecular weight is 399 g/mol. The number of hydrogen-bond donors (Lipinski definition) is 1. The molecule has 0 bridgehead atoms. The largest absolute Gasteiger partial charge is 0.381 e. The van der Waals surface area contributed by atoms with Gasteiger partial charge in [-0.25, -0.2) is 0 Å². The van der Waals surface area contributed by atoms with Gasteiger partial charge >= 0.3 is 0 Å². The second-order valence-corrected chi connectivity index (χ2v) is 7.40. The molecule has 0 unspecified atom stereocenters. The Morgan fingerprint density at radius 2 is 2.07 bits per heavy atom. The van der Waals surface area contributed by atoms with Gasteiger partial charge in [-0.2, -0.15) is 4.98 Å². The molecule has 1 saturated heterocycles. The Kier molecular flexibility index (Phi) is 6.11. The minimum atomic E-state index is -0.193. The summed E-state index contributed by atoms with van der Waals surface area (Å²) in [6.07, 6.45) is 1.95. The number of carbonyl (C=O) groups excluding carboxylic acids is 1. The molecule has 0 spiro atoms. The highest BCUT2D eigenvalue weighted by atomic mass is 32.1. The van der Waals surface area contributed by atoms with Crippen LogP contribution >= 0.6 is 11.3 Å². The zero-order valence-corrected chi connectivity index (χ0v) is 16.1. The first kappa shape index (κ1) is 18.8. The van der Waals surface area contributed by atoms with Crippen LogP contribution in [0, 0.1) is 0 Å². The molecule has 1 aliphatic heterocycles. The van der Waals surface area contributed by atoms with Gasteiger partial charge in [-0.1, -0.05) is 29.4 Å². The first-order valence-corrected chi connectivity index (χ1v) is 10.1. The van der Waals surface area contributed by atoms with E-state index in [9.17, 15) is 4.79 Å². The third-order valence-electron chi connectivity index (χ3n) is 4.51. The number of amides is 1. The maximum atomic E-state index is 12.7. The monoisotopic (exact) mass is 399 g/mol. The van der Waals surface area contributed by atoms with Crippen LogP contribution in [0.2, 0.25) is 0 Å². The summed E-state index contributed by atoms with van der Waals surface area (Å²) in [6, 6.07) is 11.3. The van der Waals surface area contributed by atoms with Gasteiger partial charge in [0.2, 0.25) is 11.7 Å². The molecule has 3 aromatic rings. The molecule has 1 amide bonds. The van der Waals surface area contributed by atoms with Crippen LogP contribution in [0.25, 0.3) is 10.7 Å². The number of thiophene rings is 1. The molecule has 1 aliphatic rings. The molecule has 28 heavy (non-hydrogen) atoms. The first-order chi connectivity index (χ1) is 13.8. The van der Waals surface area contributed by atoms with Crippen LogP contribution in [0.3, 0.4) is 0 Å². The molecule has 146 valence electrons. The van der Waals surface area contributed by atoms with E-state index in [-0.39, 0.29) is 18.6 Å². The number of benzene rings is 1. The predicted molar refractivity (Wildman–Crippen MR) is 104 cm³/mol. The van der Waals surface area contributed by atoms with E-state index in [1.807, 2.05) is 35.7 Å². The number of rotatable bonds is 7. The van der Waals surface area contributed by atoms with E-state index in [0.29, 0.717) is 23.9 Å². The van der Waals surface area contributed by atoms with Crippen molar-refractivity contribution in [1.29, 1.82) is 0 Å². The molecule has 1 N–H and O–H groups in total. The molecular formula is C20H21N3O4S. The van der Waals surface area contributed by atoms with E-state index in [4.69, 9.17) is 14.0 Å². The summed E-state index contributed by atoms with van der Waals surface area (Å²) >= 11 is 1.54. The summed E-state index contributed by atoms with van der Waals surface area (Å²) < 4.78 is 16.5. The van der Waals surface area contributed by atoms with Crippen LogP contribution in [0.5, 0.6) is 0 Å². The number of hydrogen-bond acceptors (Lipinski definition) is 7. The van der Waals surface area contributed by atoms with Gasteiger partial charge in [0, 0.05) is 18.8 Å².